The van der Waals surface area contributed by atoms with E-state index in [-0.39, 0.29) is 17.7 Å². The van der Waals surface area contributed by atoms with E-state index in [0.29, 0.717) is 5.92 Å². The summed E-state index contributed by atoms with van der Waals surface area (Å²) in [6, 6.07) is 4.30. The SMILES string of the molecule is CN=C(NCC(C)c1cccs1)NCC(C)(C)N1CC(C)OC(C)C1. The van der Waals surface area contributed by atoms with Gasteiger partial charge < -0.3 is 15.4 Å². The first-order chi connectivity index (χ1) is 11.8. The molecule has 0 bridgehead atoms. The summed E-state index contributed by atoms with van der Waals surface area (Å²) in [5.41, 5.74) is 0.0449. The average Bonchev–Trinajstić information content (AvgIpc) is 3.08. The van der Waals surface area contributed by atoms with Crippen LogP contribution in [0.5, 0.6) is 0 Å². The van der Waals surface area contributed by atoms with Crippen molar-refractivity contribution in [1.82, 2.24) is 15.5 Å². The molecule has 25 heavy (non-hydrogen) atoms. The Labute approximate surface area is 156 Å². The van der Waals surface area contributed by atoms with E-state index in [0.717, 1.165) is 32.1 Å². The van der Waals surface area contributed by atoms with E-state index >= 15 is 0 Å². The highest BCUT2D eigenvalue weighted by Crippen LogP contribution is 2.21. The molecule has 0 aliphatic carbocycles. The molecule has 1 saturated heterocycles. The molecule has 1 aromatic heterocycles. The van der Waals surface area contributed by atoms with Gasteiger partial charge in [-0.25, -0.2) is 0 Å². The zero-order chi connectivity index (χ0) is 18.4. The van der Waals surface area contributed by atoms with Crippen LogP contribution in [0.2, 0.25) is 0 Å². The summed E-state index contributed by atoms with van der Waals surface area (Å²) in [5, 5.41) is 9.08. The van der Waals surface area contributed by atoms with Crippen molar-refractivity contribution in [2.24, 2.45) is 4.99 Å². The third-order valence-electron chi connectivity index (χ3n) is 4.79. The quantitative estimate of drug-likeness (QED) is 0.600. The van der Waals surface area contributed by atoms with Crippen LogP contribution in [0.15, 0.2) is 22.5 Å². The Morgan fingerprint density at radius 1 is 1.36 bits per heavy atom. The van der Waals surface area contributed by atoms with Gasteiger partial charge in [0.15, 0.2) is 5.96 Å². The van der Waals surface area contributed by atoms with Crippen LogP contribution < -0.4 is 10.6 Å². The van der Waals surface area contributed by atoms with E-state index < -0.39 is 0 Å². The number of aliphatic imine (C=N–C) groups is 1. The van der Waals surface area contributed by atoms with Crippen molar-refractivity contribution in [3.63, 3.8) is 0 Å². The van der Waals surface area contributed by atoms with Gasteiger partial charge in [0.1, 0.15) is 0 Å². The highest BCUT2D eigenvalue weighted by atomic mass is 32.1. The molecule has 2 N–H and O–H groups in total. The van der Waals surface area contributed by atoms with E-state index in [1.807, 2.05) is 18.4 Å². The van der Waals surface area contributed by atoms with Crippen LogP contribution >= 0.6 is 11.3 Å². The number of hydrogen-bond acceptors (Lipinski definition) is 4. The van der Waals surface area contributed by atoms with Crippen LogP contribution in [0.25, 0.3) is 0 Å². The molecule has 5 nitrogen and oxygen atoms in total. The number of morpholine rings is 1. The lowest BCUT2D eigenvalue weighted by Crippen LogP contribution is -2.59. The zero-order valence-corrected chi connectivity index (χ0v) is 17.3. The number of ether oxygens (including phenoxy) is 1. The molecular weight excluding hydrogens is 332 g/mol. The molecule has 3 unspecified atom stereocenters. The lowest BCUT2D eigenvalue weighted by molar-refractivity contribution is -0.0946. The molecule has 0 amide bonds. The molecule has 1 aliphatic heterocycles. The average molecular weight is 367 g/mol. The summed E-state index contributed by atoms with van der Waals surface area (Å²) in [4.78, 5) is 8.29. The smallest absolute Gasteiger partial charge is 0.191 e. The summed E-state index contributed by atoms with van der Waals surface area (Å²) >= 11 is 1.81. The molecule has 0 radical (unpaired) electrons. The highest BCUT2D eigenvalue weighted by Gasteiger charge is 2.33. The highest BCUT2D eigenvalue weighted by molar-refractivity contribution is 7.10. The molecular formula is C19H34N4OS. The number of thiophene rings is 1. The first-order valence-electron chi connectivity index (χ1n) is 9.20. The van der Waals surface area contributed by atoms with Gasteiger partial charge in [-0.1, -0.05) is 13.0 Å². The monoisotopic (exact) mass is 366 g/mol. The van der Waals surface area contributed by atoms with Gasteiger partial charge in [0, 0.05) is 49.6 Å². The number of rotatable bonds is 6. The Balaban J connectivity index is 1.82. The Bertz CT molecular complexity index is 534. The third-order valence-corrected chi connectivity index (χ3v) is 5.90. The van der Waals surface area contributed by atoms with Crippen LogP contribution in [-0.2, 0) is 4.74 Å². The molecule has 1 fully saturated rings. The molecule has 2 heterocycles. The molecule has 2 rings (SSSR count). The van der Waals surface area contributed by atoms with Gasteiger partial charge in [0.25, 0.3) is 0 Å². The van der Waals surface area contributed by atoms with E-state index in [1.54, 1.807) is 0 Å². The fourth-order valence-electron chi connectivity index (χ4n) is 3.23. The van der Waals surface area contributed by atoms with Gasteiger partial charge in [-0.2, -0.15) is 0 Å². The molecule has 0 aromatic carbocycles. The number of guanidine groups is 1. The standard InChI is InChI=1S/C19H34N4OS/c1-14(17-8-7-9-25-17)10-21-18(20-6)22-13-19(4,5)23-11-15(2)24-16(3)12-23/h7-9,14-16H,10-13H2,1-6H3,(H2,20,21,22). The second-order valence-corrected chi connectivity index (χ2v) is 8.68. The molecule has 0 spiro atoms. The van der Waals surface area contributed by atoms with Gasteiger partial charge in [0.05, 0.1) is 12.2 Å². The fraction of sp³-hybridized carbons (Fsp3) is 0.737. The van der Waals surface area contributed by atoms with Crippen LogP contribution in [0.4, 0.5) is 0 Å². The van der Waals surface area contributed by atoms with E-state index in [2.05, 4.69) is 72.7 Å². The minimum absolute atomic E-state index is 0.0449. The largest absolute Gasteiger partial charge is 0.373 e. The van der Waals surface area contributed by atoms with Gasteiger partial charge in [-0.3, -0.25) is 9.89 Å². The molecule has 1 aromatic rings. The van der Waals surface area contributed by atoms with Crippen molar-refractivity contribution in [3.05, 3.63) is 22.4 Å². The summed E-state index contributed by atoms with van der Waals surface area (Å²) in [6.45, 7) is 14.8. The van der Waals surface area contributed by atoms with Crippen molar-refractivity contribution >= 4 is 17.3 Å². The van der Waals surface area contributed by atoms with Crippen molar-refractivity contribution in [2.75, 3.05) is 33.2 Å². The fourth-order valence-corrected chi connectivity index (χ4v) is 4.01. The maximum Gasteiger partial charge on any atom is 0.191 e. The molecule has 142 valence electrons. The van der Waals surface area contributed by atoms with E-state index in [9.17, 15) is 0 Å². The Kier molecular flexibility index (Phi) is 7.28. The van der Waals surface area contributed by atoms with Crippen LogP contribution in [0.3, 0.4) is 0 Å². The Morgan fingerprint density at radius 2 is 2.04 bits per heavy atom. The van der Waals surface area contributed by atoms with Gasteiger partial charge in [-0.15, -0.1) is 11.3 Å². The van der Waals surface area contributed by atoms with Crippen LogP contribution in [-0.4, -0.2) is 61.8 Å². The Morgan fingerprint density at radius 3 is 2.60 bits per heavy atom. The molecule has 3 atom stereocenters. The lowest BCUT2D eigenvalue weighted by Gasteiger charge is -2.45. The predicted molar refractivity (Wildman–Crippen MR) is 108 cm³/mol. The molecule has 6 heteroatoms. The second-order valence-electron chi connectivity index (χ2n) is 7.70. The second kappa shape index (κ2) is 9.01. The number of nitrogens with one attached hydrogen (secondary N) is 2. The topological polar surface area (TPSA) is 48.9 Å². The molecule has 0 saturated carbocycles. The summed E-state index contributed by atoms with van der Waals surface area (Å²) < 4.78 is 5.86. The van der Waals surface area contributed by atoms with Crippen molar-refractivity contribution < 1.29 is 4.74 Å². The normalized spacial score (nSPS) is 24.2. The lowest BCUT2D eigenvalue weighted by atomic mass is 10.00. The van der Waals surface area contributed by atoms with E-state index in [1.165, 1.54) is 4.88 Å². The summed E-state index contributed by atoms with van der Waals surface area (Å²) in [5.74, 6) is 1.35. The minimum Gasteiger partial charge on any atom is -0.373 e. The van der Waals surface area contributed by atoms with Gasteiger partial charge in [0.2, 0.25) is 0 Å². The Hall–Kier alpha value is -1.11. The number of nitrogens with zero attached hydrogens (tertiary/aromatic N) is 2. The molecule has 1 aliphatic rings. The van der Waals surface area contributed by atoms with Gasteiger partial charge in [-0.05, 0) is 39.1 Å². The summed E-state index contributed by atoms with van der Waals surface area (Å²) in [7, 11) is 1.83. The van der Waals surface area contributed by atoms with Crippen LogP contribution in [0.1, 0.15) is 45.4 Å². The summed E-state index contributed by atoms with van der Waals surface area (Å²) in [6.07, 6.45) is 0.569. The van der Waals surface area contributed by atoms with E-state index in [4.69, 9.17) is 4.74 Å². The van der Waals surface area contributed by atoms with Crippen LogP contribution in [0, 0.1) is 0 Å². The minimum atomic E-state index is 0.0449. The zero-order valence-electron chi connectivity index (χ0n) is 16.5. The maximum absolute atomic E-state index is 5.86. The van der Waals surface area contributed by atoms with Crippen molar-refractivity contribution in [2.45, 2.75) is 58.3 Å². The maximum atomic E-state index is 5.86. The third kappa shape index (κ3) is 5.97. The van der Waals surface area contributed by atoms with Crippen molar-refractivity contribution in [1.29, 1.82) is 0 Å². The predicted octanol–water partition coefficient (Wildman–Crippen LogP) is 2.90. The number of hydrogen-bond donors (Lipinski definition) is 2. The van der Waals surface area contributed by atoms with Gasteiger partial charge >= 0.3 is 0 Å². The first-order valence-corrected chi connectivity index (χ1v) is 10.1. The first kappa shape index (κ1) is 20.2. The van der Waals surface area contributed by atoms with Crippen molar-refractivity contribution in [3.8, 4) is 0 Å².